The van der Waals surface area contributed by atoms with Gasteiger partial charge in [-0.25, -0.2) is 4.79 Å². The van der Waals surface area contributed by atoms with Crippen molar-refractivity contribution in [3.63, 3.8) is 0 Å². The second-order valence-electron chi connectivity index (χ2n) is 3.05. The summed E-state index contributed by atoms with van der Waals surface area (Å²) in [6.07, 6.45) is 1.10. The topological polar surface area (TPSA) is 52.6 Å². The van der Waals surface area contributed by atoms with Crippen LogP contribution in [0.3, 0.4) is 0 Å². The molecule has 2 N–H and O–H groups in total. The number of hydrogen-bond donors (Lipinski definition) is 2. The molecule has 1 fully saturated rings. The molecule has 0 bridgehead atoms. The third kappa shape index (κ3) is 2.11. The van der Waals surface area contributed by atoms with Gasteiger partial charge in [0.15, 0.2) is 0 Å². The zero-order valence-corrected chi connectivity index (χ0v) is 7.42. The molecule has 0 radical (unpaired) electrons. The second kappa shape index (κ2) is 4.30. The van der Waals surface area contributed by atoms with Gasteiger partial charge in [0.2, 0.25) is 0 Å². The number of nitrogens with zero attached hydrogens (tertiary/aromatic N) is 1. The molecule has 1 aliphatic heterocycles. The zero-order chi connectivity index (χ0) is 8.97. The van der Waals surface area contributed by atoms with E-state index in [0.717, 1.165) is 25.9 Å². The van der Waals surface area contributed by atoms with Gasteiger partial charge in [-0.1, -0.05) is 0 Å². The first-order valence-electron chi connectivity index (χ1n) is 4.46. The van der Waals surface area contributed by atoms with Gasteiger partial charge >= 0.3 is 6.09 Å². The third-order valence-electron chi connectivity index (χ3n) is 2.34. The number of piperidine rings is 1. The number of nitrogens with one attached hydrogen (secondary N) is 1. The monoisotopic (exact) mass is 172 g/mol. The molecular weight excluding hydrogens is 156 g/mol. The first-order valence-corrected chi connectivity index (χ1v) is 4.46. The maximum atomic E-state index is 10.7. The van der Waals surface area contributed by atoms with Crippen LogP contribution in [-0.2, 0) is 0 Å². The predicted molar refractivity (Wildman–Crippen MR) is 46.3 cm³/mol. The Morgan fingerprint density at radius 3 is 2.58 bits per heavy atom. The maximum Gasteiger partial charge on any atom is 0.407 e. The Kier molecular flexibility index (Phi) is 3.34. The second-order valence-corrected chi connectivity index (χ2v) is 3.05. The molecule has 4 nitrogen and oxygen atoms in total. The first-order chi connectivity index (χ1) is 5.75. The normalized spacial score (nSPS) is 19.1. The predicted octanol–water partition coefficient (Wildman–Crippen LogP) is 0.738. The van der Waals surface area contributed by atoms with Gasteiger partial charge in [-0.2, -0.15) is 0 Å². The Hall–Kier alpha value is -0.770. The lowest BCUT2D eigenvalue weighted by atomic mass is 10.1. The summed E-state index contributed by atoms with van der Waals surface area (Å²) in [5.74, 6) is 0. The average Bonchev–Trinajstić information content (AvgIpc) is 2.07. The summed E-state index contributed by atoms with van der Waals surface area (Å²) in [6.45, 7) is 4.36. The molecule has 12 heavy (non-hydrogen) atoms. The van der Waals surface area contributed by atoms with Crippen LogP contribution in [0.4, 0.5) is 4.79 Å². The van der Waals surface area contributed by atoms with Crippen molar-refractivity contribution < 1.29 is 9.90 Å². The molecular formula is C8H16N2O2. The van der Waals surface area contributed by atoms with Crippen LogP contribution in [0.1, 0.15) is 19.8 Å². The lowest BCUT2D eigenvalue weighted by Gasteiger charge is -2.31. The van der Waals surface area contributed by atoms with Gasteiger partial charge in [-0.05, 0) is 32.9 Å². The molecule has 0 aromatic heterocycles. The zero-order valence-electron chi connectivity index (χ0n) is 7.42. The summed E-state index contributed by atoms with van der Waals surface area (Å²) < 4.78 is 0. The Labute approximate surface area is 72.6 Å². The van der Waals surface area contributed by atoms with Gasteiger partial charge in [0.1, 0.15) is 0 Å². The minimum atomic E-state index is -0.788. The standard InChI is InChI=1S/C8H16N2O2/c1-2-10(8(11)12)7-3-5-9-6-4-7/h7,9H,2-6H2,1H3,(H,11,12). The smallest absolute Gasteiger partial charge is 0.407 e. The van der Waals surface area contributed by atoms with Gasteiger partial charge < -0.3 is 15.3 Å². The molecule has 0 saturated carbocycles. The van der Waals surface area contributed by atoms with Gasteiger partial charge in [-0.15, -0.1) is 0 Å². The highest BCUT2D eigenvalue weighted by Gasteiger charge is 2.22. The van der Waals surface area contributed by atoms with Crippen molar-refractivity contribution in [2.45, 2.75) is 25.8 Å². The molecule has 0 aliphatic carbocycles. The first kappa shape index (κ1) is 9.32. The van der Waals surface area contributed by atoms with Crippen LogP contribution in [0.25, 0.3) is 0 Å². The minimum absolute atomic E-state index is 0.230. The molecule has 1 heterocycles. The van der Waals surface area contributed by atoms with E-state index < -0.39 is 6.09 Å². The summed E-state index contributed by atoms with van der Waals surface area (Å²) in [7, 11) is 0. The number of carboxylic acid groups (broad SMARTS) is 1. The lowest BCUT2D eigenvalue weighted by Crippen LogP contribution is -2.45. The van der Waals surface area contributed by atoms with Crippen molar-refractivity contribution in [2.24, 2.45) is 0 Å². The van der Waals surface area contributed by atoms with E-state index in [1.165, 1.54) is 4.90 Å². The van der Waals surface area contributed by atoms with Crippen LogP contribution in [0.2, 0.25) is 0 Å². The van der Waals surface area contributed by atoms with Gasteiger partial charge in [0.25, 0.3) is 0 Å². The van der Waals surface area contributed by atoms with E-state index in [-0.39, 0.29) is 6.04 Å². The molecule has 0 unspecified atom stereocenters. The SMILES string of the molecule is CCN(C(=O)O)C1CCNCC1. The number of rotatable bonds is 2. The highest BCUT2D eigenvalue weighted by Crippen LogP contribution is 2.11. The summed E-state index contributed by atoms with van der Waals surface area (Å²) in [5.41, 5.74) is 0. The van der Waals surface area contributed by atoms with Crippen LogP contribution in [-0.4, -0.2) is 41.8 Å². The lowest BCUT2D eigenvalue weighted by molar-refractivity contribution is 0.117. The molecule has 1 aliphatic rings. The molecule has 4 heteroatoms. The summed E-state index contributed by atoms with van der Waals surface area (Å²) in [4.78, 5) is 12.3. The molecule has 1 rings (SSSR count). The van der Waals surface area contributed by atoms with Crippen molar-refractivity contribution in [2.75, 3.05) is 19.6 Å². The van der Waals surface area contributed by atoms with Crippen LogP contribution >= 0.6 is 0 Å². The minimum Gasteiger partial charge on any atom is -0.465 e. The van der Waals surface area contributed by atoms with Crippen molar-refractivity contribution in [3.8, 4) is 0 Å². The number of amides is 1. The van der Waals surface area contributed by atoms with Crippen LogP contribution in [0, 0.1) is 0 Å². The van der Waals surface area contributed by atoms with E-state index in [1.807, 2.05) is 6.92 Å². The van der Waals surface area contributed by atoms with E-state index in [9.17, 15) is 4.79 Å². The quantitative estimate of drug-likeness (QED) is 0.646. The maximum absolute atomic E-state index is 10.7. The summed E-state index contributed by atoms with van der Waals surface area (Å²) in [6, 6.07) is 0.230. The fraction of sp³-hybridized carbons (Fsp3) is 0.875. The molecule has 70 valence electrons. The van der Waals surface area contributed by atoms with Gasteiger partial charge in [-0.3, -0.25) is 0 Å². The Morgan fingerprint density at radius 2 is 2.17 bits per heavy atom. The average molecular weight is 172 g/mol. The molecule has 0 atom stereocenters. The van der Waals surface area contributed by atoms with E-state index in [1.54, 1.807) is 0 Å². The molecule has 0 spiro atoms. The van der Waals surface area contributed by atoms with Crippen LogP contribution in [0.15, 0.2) is 0 Å². The van der Waals surface area contributed by atoms with Gasteiger partial charge in [0, 0.05) is 12.6 Å². The Bertz CT molecular complexity index is 155. The van der Waals surface area contributed by atoms with E-state index in [4.69, 9.17) is 5.11 Å². The highest BCUT2D eigenvalue weighted by atomic mass is 16.4. The molecule has 1 amide bonds. The van der Waals surface area contributed by atoms with Crippen molar-refractivity contribution in [1.29, 1.82) is 0 Å². The third-order valence-corrected chi connectivity index (χ3v) is 2.34. The van der Waals surface area contributed by atoms with E-state index in [2.05, 4.69) is 5.32 Å². The van der Waals surface area contributed by atoms with E-state index in [0.29, 0.717) is 6.54 Å². The fourth-order valence-corrected chi connectivity index (χ4v) is 1.67. The Balaban J connectivity index is 2.46. The fourth-order valence-electron chi connectivity index (χ4n) is 1.67. The van der Waals surface area contributed by atoms with Crippen molar-refractivity contribution in [1.82, 2.24) is 10.2 Å². The van der Waals surface area contributed by atoms with Crippen LogP contribution < -0.4 is 5.32 Å². The molecule has 0 aromatic carbocycles. The number of hydrogen-bond acceptors (Lipinski definition) is 2. The van der Waals surface area contributed by atoms with Gasteiger partial charge in [0.05, 0.1) is 0 Å². The molecule has 1 saturated heterocycles. The largest absolute Gasteiger partial charge is 0.465 e. The van der Waals surface area contributed by atoms with Crippen LogP contribution in [0.5, 0.6) is 0 Å². The summed E-state index contributed by atoms with van der Waals surface area (Å²) >= 11 is 0. The Morgan fingerprint density at radius 1 is 1.58 bits per heavy atom. The van der Waals surface area contributed by atoms with E-state index >= 15 is 0 Å². The molecule has 0 aromatic rings. The number of carbonyl (C=O) groups is 1. The summed E-state index contributed by atoms with van der Waals surface area (Å²) in [5, 5.41) is 12.0. The highest BCUT2D eigenvalue weighted by molar-refractivity contribution is 5.65. The van der Waals surface area contributed by atoms with Crippen molar-refractivity contribution >= 4 is 6.09 Å². The van der Waals surface area contributed by atoms with Crippen molar-refractivity contribution in [3.05, 3.63) is 0 Å².